The lowest BCUT2D eigenvalue weighted by molar-refractivity contribution is 0.588. The van der Waals surface area contributed by atoms with Gasteiger partial charge in [-0.3, -0.25) is 4.72 Å². The van der Waals surface area contributed by atoms with E-state index in [9.17, 15) is 8.42 Å². The number of allylic oxidation sites excluding steroid dienone is 3. The Balaban J connectivity index is 1.70. The molecule has 3 rings (SSSR count). The maximum absolute atomic E-state index is 13.0. The summed E-state index contributed by atoms with van der Waals surface area (Å²) < 4.78 is 26.8. The zero-order valence-corrected chi connectivity index (χ0v) is 20.1. The molecule has 0 amide bonds. The van der Waals surface area contributed by atoms with Crippen molar-refractivity contribution in [2.24, 2.45) is 10.9 Å². The van der Waals surface area contributed by atoms with E-state index in [-0.39, 0.29) is 0 Å². The molecule has 2 aromatic carbocycles. The SMILES string of the molecule is NN=Cc1ccc(CCSc2ccccc2NS(=O)(=O)C2(Cl)C=CC(Cl)=CC2Cl)cc1. The van der Waals surface area contributed by atoms with Gasteiger partial charge < -0.3 is 5.84 Å². The predicted octanol–water partition coefficient (Wildman–Crippen LogP) is 5.29. The molecule has 10 heteroatoms. The summed E-state index contributed by atoms with van der Waals surface area (Å²) in [5.74, 6) is 5.92. The molecule has 0 saturated carbocycles. The molecule has 2 atom stereocenters. The summed E-state index contributed by atoms with van der Waals surface area (Å²) in [6, 6.07) is 15.1. The molecule has 0 bridgehead atoms. The first-order valence-electron chi connectivity index (χ1n) is 9.21. The van der Waals surface area contributed by atoms with Crippen molar-refractivity contribution in [1.82, 2.24) is 0 Å². The van der Waals surface area contributed by atoms with Gasteiger partial charge in [0.15, 0.2) is 0 Å². The number of alkyl halides is 2. The van der Waals surface area contributed by atoms with Gasteiger partial charge in [-0.25, -0.2) is 8.42 Å². The molecule has 31 heavy (non-hydrogen) atoms. The molecule has 2 aromatic rings. The maximum Gasteiger partial charge on any atom is 0.258 e. The second kappa shape index (κ2) is 10.3. The molecule has 1 aliphatic rings. The van der Waals surface area contributed by atoms with Gasteiger partial charge >= 0.3 is 0 Å². The lowest BCUT2D eigenvalue weighted by atomic mass is 10.1. The van der Waals surface area contributed by atoms with Crippen LogP contribution < -0.4 is 10.6 Å². The third-order valence-corrected chi connectivity index (χ3v) is 9.26. The standard InChI is InChI=1S/C21H20Cl3N3O2S2/c22-17-9-11-21(24,20(23)13-17)31(28,29)27-18-3-1-2-4-19(18)30-12-10-15-5-7-16(8-6-15)14-26-25/h1-9,11,13-14,20,27H,10,12,25H2. The normalized spacial score (nSPS) is 21.3. The average molecular weight is 517 g/mol. The highest BCUT2D eigenvalue weighted by molar-refractivity contribution is 7.99. The fourth-order valence-corrected chi connectivity index (χ4v) is 6.23. The van der Waals surface area contributed by atoms with E-state index in [1.165, 1.54) is 18.2 Å². The maximum atomic E-state index is 13.0. The van der Waals surface area contributed by atoms with Gasteiger partial charge in [0.25, 0.3) is 10.0 Å². The van der Waals surface area contributed by atoms with Gasteiger partial charge in [0.2, 0.25) is 4.21 Å². The van der Waals surface area contributed by atoms with E-state index < -0.39 is 19.6 Å². The third-order valence-electron chi connectivity index (χ3n) is 4.55. The zero-order chi connectivity index (χ0) is 22.5. The van der Waals surface area contributed by atoms with Gasteiger partial charge in [0.05, 0.1) is 17.3 Å². The van der Waals surface area contributed by atoms with E-state index in [1.54, 1.807) is 30.1 Å². The second-order valence-electron chi connectivity index (χ2n) is 6.70. The van der Waals surface area contributed by atoms with Crippen LogP contribution in [-0.2, 0) is 16.4 Å². The average Bonchev–Trinajstić information content (AvgIpc) is 2.73. The Hall–Kier alpha value is -1.64. The van der Waals surface area contributed by atoms with Gasteiger partial charge in [0, 0.05) is 15.7 Å². The molecular weight excluding hydrogens is 497 g/mol. The summed E-state index contributed by atoms with van der Waals surface area (Å²) in [5.41, 5.74) is 2.53. The number of nitrogens with zero attached hydrogens (tertiary/aromatic N) is 1. The number of nitrogens with one attached hydrogen (secondary N) is 1. The number of halogens is 3. The van der Waals surface area contributed by atoms with Crippen LogP contribution in [0.5, 0.6) is 0 Å². The van der Waals surface area contributed by atoms with Crippen LogP contribution in [0.2, 0.25) is 0 Å². The molecule has 0 spiro atoms. The molecule has 0 saturated heterocycles. The molecular formula is C21H20Cl3N3O2S2. The fraction of sp³-hybridized carbons (Fsp3) is 0.190. The summed E-state index contributed by atoms with van der Waals surface area (Å²) in [4.78, 5) is 0.790. The summed E-state index contributed by atoms with van der Waals surface area (Å²) in [7, 11) is -4.06. The summed E-state index contributed by atoms with van der Waals surface area (Å²) >= 11 is 20.1. The van der Waals surface area contributed by atoms with Gasteiger partial charge in [0.1, 0.15) is 0 Å². The van der Waals surface area contributed by atoms with Gasteiger partial charge in [-0.05, 0) is 47.9 Å². The van der Waals surface area contributed by atoms with Crippen LogP contribution in [0.3, 0.4) is 0 Å². The number of anilines is 1. The van der Waals surface area contributed by atoms with E-state index in [4.69, 9.17) is 40.6 Å². The summed E-state index contributed by atoms with van der Waals surface area (Å²) in [6.07, 6.45) is 6.52. The highest BCUT2D eigenvalue weighted by Gasteiger charge is 2.47. The number of rotatable bonds is 8. The van der Waals surface area contributed by atoms with Crippen LogP contribution in [0.15, 0.2) is 81.8 Å². The van der Waals surface area contributed by atoms with E-state index >= 15 is 0 Å². The quantitative estimate of drug-likeness (QED) is 0.164. The summed E-state index contributed by atoms with van der Waals surface area (Å²) in [6.45, 7) is 0. The Kier molecular flexibility index (Phi) is 7.99. The molecule has 1 aliphatic carbocycles. The smallest absolute Gasteiger partial charge is 0.258 e. The van der Waals surface area contributed by atoms with Crippen molar-refractivity contribution < 1.29 is 8.42 Å². The van der Waals surface area contributed by atoms with Gasteiger partial charge in [-0.1, -0.05) is 59.6 Å². The number of hydrazone groups is 1. The first-order chi connectivity index (χ1) is 14.7. The molecule has 0 heterocycles. The van der Waals surface area contributed by atoms with Crippen molar-refractivity contribution in [3.63, 3.8) is 0 Å². The minimum Gasteiger partial charge on any atom is -0.323 e. The number of hydrogen-bond acceptors (Lipinski definition) is 5. The van der Waals surface area contributed by atoms with Crippen molar-refractivity contribution in [3.8, 4) is 0 Å². The van der Waals surface area contributed by atoms with Crippen molar-refractivity contribution in [1.29, 1.82) is 0 Å². The minimum atomic E-state index is -4.06. The number of benzene rings is 2. The molecule has 5 nitrogen and oxygen atoms in total. The van der Waals surface area contributed by atoms with Crippen LogP contribution in [0.4, 0.5) is 5.69 Å². The Morgan fingerprint density at radius 3 is 2.58 bits per heavy atom. The lowest BCUT2D eigenvalue weighted by Gasteiger charge is -2.29. The first kappa shape index (κ1) is 24.0. The predicted molar refractivity (Wildman–Crippen MR) is 133 cm³/mol. The van der Waals surface area contributed by atoms with Crippen LogP contribution in [0.1, 0.15) is 11.1 Å². The Labute approximate surface area is 201 Å². The van der Waals surface area contributed by atoms with Crippen LogP contribution >= 0.6 is 46.6 Å². The summed E-state index contributed by atoms with van der Waals surface area (Å²) in [5, 5.41) is 2.83. The second-order valence-corrected chi connectivity index (χ2v) is 11.5. The number of hydrogen-bond donors (Lipinski definition) is 2. The molecule has 0 aliphatic heterocycles. The fourth-order valence-electron chi connectivity index (χ4n) is 2.87. The first-order valence-corrected chi connectivity index (χ1v) is 12.9. The number of thioether (sulfide) groups is 1. The van der Waals surface area contributed by atoms with Crippen LogP contribution in [0.25, 0.3) is 0 Å². The number of aryl methyl sites for hydroxylation is 1. The Morgan fingerprint density at radius 1 is 1.19 bits per heavy atom. The van der Waals surface area contributed by atoms with E-state index in [2.05, 4.69) is 9.82 Å². The van der Waals surface area contributed by atoms with Crippen molar-refractivity contribution in [2.45, 2.75) is 20.9 Å². The van der Waals surface area contributed by atoms with E-state index in [0.29, 0.717) is 10.7 Å². The van der Waals surface area contributed by atoms with Crippen molar-refractivity contribution in [3.05, 3.63) is 82.9 Å². The lowest BCUT2D eigenvalue weighted by Crippen LogP contribution is -2.43. The minimum absolute atomic E-state index is 0.339. The Morgan fingerprint density at radius 2 is 1.90 bits per heavy atom. The van der Waals surface area contributed by atoms with Crippen molar-refractivity contribution >= 4 is 68.5 Å². The molecule has 0 fully saturated rings. The zero-order valence-electron chi connectivity index (χ0n) is 16.2. The van der Waals surface area contributed by atoms with Gasteiger partial charge in [-0.15, -0.1) is 23.4 Å². The molecule has 164 valence electrons. The number of sulfonamides is 1. The van der Waals surface area contributed by atoms with Gasteiger partial charge in [-0.2, -0.15) is 5.10 Å². The number of para-hydroxylation sites is 1. The molecule has 2 unspecified atom stereocenters. The van der Waals surface area contributed by atoms with Crippen LogP contribution in [0, 0.1) is 0 Å². The number of nitrogens with two attached hydrogens (primary N) is 1. The van der Waals surface area contributed by atoms with Crippen molar-refractivity contribution in [2.75, 3.05) is 10.5 Å². The molecule has 3 N–H and O–H groups in total. The highest BCUT2D eigenvalue weighted by atomic mass is 35.5. The monoisotopic (exact) mass is 515 g/mol. The molecule has 0 radical (unpaired) electrons. The largest absolute Gasteiger partial charge is 0.323 e. The molecule has 0 aromatic heterocycles. The van der Waals surface area contributed by atoms with E-state index in [0.717, 1.165) is 28.2 Å². The van der Waals surface area contributed by atoms with Crippen LogP contribution in [-0.4, -0.2) is 30.0 Å². The Bertz CT molecular complexity index is 1120. The van der Waals surface area contributed by atoms with E-state index in [1.807, 2.05) is 36.4 Å². The highest BCUT2D eigenvalue weighted by Crippen LogP contribution is 2.39. The topological polar surface area (TPSA) is 84.5 Å². The third kappa shape index (κ3) is 5.79.